The molecule has 30 heavy (non-hydrogen) atoms. The van der Waals surface area contributed by atoms with Gasteiger partial charge in [0.25, 0.3) is 0 Å². The SMILES string of the molecule is C=CC(=O)N1C[C@H](Nc2ncnc3[nH]ccc23)CC[C@@H]1C.O=C(O)C[C@H](O)C(=O)O. The van der Waals surface area contributed by atoms with Gasteiger partial charge >= 0.3 is 11.9 Å². The van der Waals surface area contributed by atoms with Crippen LogP contribution in [-0.2, 0) is 14.4 Å². The monoisotopic (exact) mass is 419 g/mol. The van der Waals surface area contributed by atoms with Gasteiger partial charge in [0.2, 0.25) is 5.91 Å². The molecule has 3 atom stereocenters. The van der Waals surface area contributed by atoms with E-state index in [1.165, 1.54) is 6.08 Å². The molecule has 1 fully saturated rings. The van der Waals surface area contributed by atoms with Crippen molar-refractivity contribution in [3.8, 4) is 0 Å². The molecule has 0 spiro atoms. The van der Waals surface area contributed by atoms with E-state index < -0.39 is 24.5 Å². The van der Waals surface area contributed by atoms with Crippen LogP contribution in [0.5, 0.6) is 0 Å². The van der Waals surface area contributed by atoms with Crippen molar-refractivity contribution < 1.29 is 29.7 Å². The number of carboxylic acids is 2. The fourth-order valence-electron chi connectivity index (χ4n) is 3.08. The van der Waals surface area contributed by atoms with E-state index in [0.29, 0.717) is 6.54 Å². The molecule has 0 bridgehead atoms. The number of anilines is 1. The Morgan fingerprint density at radius 2 is 2.10 bits per heavy atom. The van der Waals surface area contributed by atoms with Crippen molar-refractivity contribution in [3.05, 3.63) is 31.2 Å². The molecule has 3 heterocycles. The average Bonchev–Trinajstić information content (AvgIpc) is 3.18. The molecule has 3 rings (SSSR count). The van der Waals surface area contributed by atoms with Crippen LogP contribution in [0.3, 0.4) is 0 Å². The standard InChI is InChI=1S/C15H19N5O.C4H6O5/c1-3-13(21)20-8-11(5-4-10(20)2)19-15-12-6-7-16-14(12)17-9-18-15;5-2(4(8)9)1-3(6)7/h3,6-7,9-11H,1,4-5,8H2,2H3,(H2,16,17,18,19);2,5H,1H2,(H,6,7)(H,8,9)/t10-,11+;2-/m00/s1. The lowest BCUT2D eigenvalue weighted by atomic mass is 9.99. The molecular formula is C19H25N5O6. The van der Waals surface area contributed by atoms with Crippen molar-refractivity contribution in [3.63, 3.8) is 0 Å². The second-order valence-electron chi connectivity index (χ2n) is 6.88. The number of aromatic nitrogens is 3. The van der Waals surface area contributed by atoms with Gasteiger partial charge in [0.05, 0.1) is 11.8 Å². The first-order chi connectivity index (χ1) is 14.2. The first-order valence-electron chi connectivity index (χ1n) is 9.33. The first kappa shape index (κ1) is 22.8. The number of likely N-dealkylation sites (tertiary alicyclic amines) is 1. The topological polar surface area (TPSA) is 169 Å². The van der Waals surface area contributed by atoms with E-state index in [1.807, 2.05) is 17.2 Å². The molecule has 0 aliphatic carbocycles. The lowest BCUT2D eigenvalue weighted by molar-refractivity contribution is -0.152. The van der Waals surface area contributed by atoms with Gasteiger partial charge in [0.15, 0.2) is 6.10 Å². The van der Waals surface area contributed by atoms with Crippen LogP contribution in [0.2, 0.25) is 0 Å². The average molecular weight is 419 g/mol. The first-order valence-corrected chi connectivity index (χ1v) is 9.33. The van der Waals surface area contributed by atoms with E-state index in [-0.39, 0.29) is 18.0 Å². The van der Waals surface area contributed by atoms with E-state index in [1.54, 1.807) is 6.33 Å². The van der Waals surface area contributed by atoms with Crippen molar-refractivity contribution in [2.24, 2.45) is 0 Å². The van der Waals surface area contributed by atoms with Gasteiger partial charge in [-0.05, 0) is 31.9 Å². The highest BCUT2D eigenvalue weighted by Gasteiger charge is 2.28. The van der Waals surface area contributed by atoms with Crippen LogP contribution in [0.15, 0.2) is 31.2 Å². The highest BCUT2D eigenvalue weighted by atomic mass is 16.4. The number of aliphatic carboxylic acids is 2. The van der Waals surface area contributed by atoms with Gasteiger partial charge in [-0.1, -0.05) is 6.58 Å². The van der Waals surface area contributed by atoms with E-state index in [9.17, 15) is 14.4 Å². The molecule has 1 amide bonds. The van der Waals surface area contributed by atoms with Crippen LogP contribution in [-0.4, -0.2) is 77.7 Å². The van der Waals surface area contributed by atoms with Gasteiger partial charge in [0, 0.05) is 24.8 Å². The van der Waals surface area contributed by atoms with Crippen LogP contribution >= 0.6 is 0 Å². The maximum absolute atomic E-state index is 11.9. The van der Waals surface area contributed by atoms with Gasteiger partial charge in [-0.15, -0.1) is 0 Å². The highest BCUT2D eigenvalue weighted by molar-refractivity contribution is 5.88. The van der Waals surface area contributed by atoms with Gasteiger partial charge < -0.3 is 30.5 Å². The molecule has 0 unspecified atom stereocenters. The minimum absolute atomic E-state index is 0.0107. The quantitative estimate of drug-likeness (QED) is 0.426. The molecular weight excluding hydrogens is 394 g/mol. The van der Waals surface area contributed by atoms with E-state index >= 15 is 0 Å². The molecule has 1 aliphatic heterocycles. The summed E-state index contributed by atoms with van der Waals surface area (Å²) >= 11 is 0. The molecule has 2 aromatic rings. The normalized spacial score (nSPS) is 19.3. The number of fused-ring (bicyclic) bond motifs is 1. The molecule has 2 aromatic heterocycles. The Morgan fingerprint density at radius 3 is 2.70 bits per heavy atom. The molecule has 1 aliphatic rings. The Morgan fingerprint density at radius 1 is 1.37 bits per heavy atom. The molecule has 0 saturated carbocycles. The summed E-state index contributed by atoms with van der Waals surface area (Å²) in [6, 6.07) is 2.40. The number of nitrogens with one attached hydrogen (secondary N) is 2. The number of rotatable bonds is 6. The second-order valence-corrected chi connectivity index (χ2v) is 6.88. The Kier molecular flexibility index (Phi) is 7.87. The molecule has 162 valence electrons. The summed E-state index contributed by atoms with van der Waals surface area (Å²) in [6.45, 7) is 6.32. The van der Waals surface area contributed by atoms with Crippen molar-refractivity contribution >= 4 is 34.7 Å². The molecule has 11 heteroatoms. The number of aliphatic hydroxyl groups excluding tert-OH is 1. The van der Waals surface area contributed by atoms with Crippen LogP contribution in [0, 0.1) is 0 Å². The number of carboxylic acid groups (broad SMARTS) is 2. The maximum atomic E-state index is 11.9. The third-order valence-electron chi connectivity index (χ3n) is 4.69. The number of hydrogen-bond acceptors (Lipinski definition) is 7. The van der Waals surface area contributed by atoms with Gasteiger partial charge in [0.1, 0.15) is 17.8 Å². The number of nitrogens with zero attached hydrogens (tertiary/aromatic N) is 3. The lowest BCUT2D eigenvalue weighted by Gasteiger charge is -2.38. The number of hydrogen-bond donors (Lipinski definition) is 5. The molecule has 0 radical (unpaired) electrons. The number of aliphatic hydroxyl groups is 1. The third kappa shape index (κ3) is 6.01. The van der Waals surface area contributed by atoms with Crippen LogP contribution in [0.25, 0.3) is 11.0 Å². The Hall–Kier alpha value is -3.47. The highest BCUT2D eigenvalue weighted by Crippen LogP contribution is 2.23. The van der Waals surface area contributed by atoms with Crippen LogP contribution in [0.4, 0.5) is 5.82 Å². The number of carbonyl (C=O) groups excluding carboxylic acids is 1. The van der Waals surface area contributed by atoms with Gasteiger partial charge in [-0.3, -0.25) is 9.59 Å². The Balaban J connectivity index is 0.000000303. The van der Waals surface area contributed by atoms with Crippen molar-refractivity contribution in [2.75, 3.05) is 11.9 Å². The largest absolute Gasteiger partial charge is 0.481 e. The minimum Gasteiger partial charge on any atom is -0.481 e. The van der Waals surface area contributed by atoms with Crippen LogP contribution in [0.1, 0.15) is 26.2 Å². The van der Waals surface area contributed by atoms with E-state index in [0.717, 1.165) is 29.7 Å². The molecule has 5 N–H and O–H groups in total. The summed E-state index contributed by atoms with van der Waals surface area (Å²) in [5, 5.41) is 28.6. The number of piperidine rings is 1. The van der Waals surface area contributed by atoms with E-state index in [2.05, 4.69) is 33.8 Å². The smallest absolute Gasteiger partial charge is 0.333 e. The summed E-state index contributed by atoms with van der Waals surface area (Å²) in [6.07, 6.45) is 4.21. The zero-order valence-electron chi connectivity index (χ0n) is 16.5. The zero-order chi connectivity index (χ0) is 22.3. The van der Waals surface area contributed by atoms with Crippen LogP contribution < -0.4 is 5.32 Å². The second kappa shape index (κ2) is 10.3. The van der Waals surface area contributed by atoms with Crippen molar-refractivity contribution in [1.29, 1.82) is 0 Å². The fourth-order valence-corrected chi connectivity index (χ4v) is 3.08. The van der Waals surface area contributed by atoms with Crippen molar-refractivity contribution in [1.82, 2.24) is 19.9 Å². The zero-order valence-corrected chi connectivity index (χ0v) is 16.5. The summed E-state index contributed by atoms with van der Waals surface area (Å²) in [4.78, 5) is 44.7. The Bertz CT molecular complexity index is 914. The summed E-state index contributed by atoms with van der Waals surface area (Å²) in [7, 11) is 0. The predicted octanol–water partition coefficient (Wildman–Crippen LogP) is 0.842. The Labute approximate surface area is 172 Å². The third-order valence-corrected chi connectivity index (χ3v) is 4.69. The fraction of sp³-hybridized carbons (Fsp3) is 0.421. The number of H-pyrrole nitrogens is 1. The number of carbonyl (C=O) groups is 3. The molecule has 11 nitrogen and oxygen atoms in total. The van der Waals surface area contributed by atoms with Crippen molar-refractivity contribution in [2.45, 2.75) is 44.4 Å². The number of amides is 1. The predicted molar refractivity (Wildman–Crippen MR) is 108 cm³/mol. The minimum atomic E-state index is -1.79. The summed E-state index contributed by atoms with van der Waals surface area (Å²) in [5.74, 6) is -2.04. The lowest BCUT2D eigenvalue weighted by Crippen LogP contribution is -2.49. The van der Waals surface area contributed by atoms with Gasteiger partial charge in [-0.2, -0.15) is 0 Å². The molecule has 0 aromatic carbocycles. The number of aromatic amines is 1. The summed E-state index contributed by atoms with van der Waals surface area (Å²) < 4.78 is 0. The van der Waals surface area contributed by atoms with E-state index in [4.69, 9.17) is 15.3 Å². The van der Waals surface area contributed by atoms with Gasteiger partial charge in [-0.25, -0.2) is 14.8 Å². The summed E-state index contributed by atoms with van der Waals surface area (Å²) in [5.41, 5.74) is 0.815. The molecule has 1 saturated heterocycles. The maximum Gasteiger partial charge on any atom is 0.333 e.